The summed E-state index contributed by atoms with van der Waals surface area (Å²) >= 11 is 0. The maximum absolute atomic E-state index is 12.3. The molecule has 0 aromatic carbocycles. The van der Waals surface area contributed by atoms with E-state index in [1.807, 2.05) is 10.7 Å². The van der Waals surface area contributed by atoms with Crippen molar-refractivity contribution in [2.45, 2.75) is 44.8 Å². The van der Waals surface area contributed by atoms with Crippen molar-refractivity contribution < 1.29 is 0 Å². The number of aryl methyl sites for hydroxylation is 2. The highest BCUT2D eigenvalue weighted by atomic mass is 16.2. The summed E-state index contributed by atoms with van der Waals surface area (Å²) in [5.74, 6) is 0. The maximum atomic E-state index is 12.3. The van der Waals surface area contributed by atoms with Crippen LogP contribution in [0, 0.1) is 0 Å². The minimum Gasteiger partial charge on any atom is -0.297 e. The summed E-state index contributed by atoms with van der Waals surface area (Å²) in [6.45, 7) is 1.20. The summed E-state index contributed by atoms with van der Waals surface area (Å²) in [7, 11) is 0. The molecule has 6 nitrogen and oxygen atoms in total. The highest BCUT2D eigenvalue weighted by Gasteiger charge is 2.25. The van der Waals surface area contributed by atoms with Crippen molar-refractivity contribution in [1.82, 2.24) is 18.9 Å². The van der Waals surface area contributed by atoms with Crippen LogP contribution < -0.4 is 11.2 Å². The Kier molecular flexibility index (Phi) is 2.45. The van der Waals surface area contributed by atoms with E-state index in [4.69, 9.17) is 0 Å². The number of rotatable bonds is 3. The van der Waals surface area contributed by atoms with Gasteiger partial charge in [-0.2, -0.15) is 5.10 Å². The topological polar surface area (TPSA) is 61.8 Å². The Labute approximate surface area is 115 Å². The zero-order chi connectivity index (χ0) is 13.7. The molecule has 0 amide bonds. The third-order valence-electron chi connectivity index (χ3n) is 4.07. The Balaban J connectivity index is 1.72. The number of nitrogens with zero attached hydrogens (tertiary/aromatic N) is 4. The monoisotopic (exact) mass is 272 g/mol. The van der Waals surface area contributed by atoms with Crippen molar-refractivity contribution in [2.75, 3.05) is 0 Å². The van der Waals surface area contributed by atoms with Gasteiger partial charge in [-0.15, -0.1) is 0 Å². The van der Waals surface area contributed by atoms with Crippen LogP contribution in [-0.2, 0) is 19.5 Å². The second kappa shape index (κ2) is 4.19. The summed E-state index contributed by atoms with van der Waals surface area (Å²) in [6, 6.07) is 3.76. The first-order chi connectivity index (χ1) is 9.72. The molecule has 4 rings (SSSR count). The fourth-order valence-corrected chi connectivity index (χ4v) is 2.87. The molecule has 1 aliphatic carbocycles. The van der Waals surface area contributed by atoms with Crippen LogP contribution in [0.4, 0.5) is 0 Å². The van der Waals surface area contributed by atoms with Crippen LogP contribution in [0.5, 0.6) is 0 Å². The number of fused-ring (bicyclic) bond motifs is 1. The van der Waals surface area contributed by atoms with Crippen molar-refractivity contribution in [3.63, 3.8) is 0 Å². The second-order valence-corrected chi connectivity index (χ2v) is 5.61. The van der Waals surface area contributed by atoms with E-state index in [9.17, 15) is 9.59 Å². The molecule has 0 bridgehead atoms. The molecule has 2 aromatic rings. The van der Waals surface area contributed by atoms with Crippen LogP contribution in [0.1, 0.15) is 36.7 Å². The van der Waals surface area contributed by atoms with Gasteiger partial charge in [0.15, 0.2) is 0 Å². The highest BCUT2D eigenvalue weighted by molar-refractivity contribution is 5.13. The number of aromatic nitrogens is 4. The molecule has 0 atom stereocenters. The zero-order valence-corrected chi connectivity index (χ0v) is 11.2. The molecule has 1 fully saturated rings. The first-order valence-corrected chi connectivity index (χ1v) is 7.10. The average molecular weight is 272 g/mol. The molecule has 0 radical (unpaired) electrons. The van der Waals surface area contributed by atoms with Crippen LogP contribution in [-0.4, -0.2) is 18.9 Å². The van der Waals surface area contributed by atoms with Gasteiger partial charge < -0.3 is 0 Å². The van der Waals surface area contributed by atoms with Crippen molar-refractivity contribution in [3.05, 3.63) is 50.6 Å². The van der Waals surface area contributed by atoms with Gasteiger partial charge in [0, 0.05) is 30.5 Å². The van der Waals surface area contributed by atoms with Crippen LogP contribution >= 0.6 is 0 Å². The molecule has 2 aliphatic rings. The van der Waals surface area contributed by atoms with E-state index in [0.717, 1.165) is 37.9 Å². The Morgan fingerprint density at radius 3 is 2.90 bits per heavy atom. The van der Waals surface area contributed by atoms with Crippen LogP contribution in [0.3, 0.4) is 0 Å². The molecule has 0 N–H and O–H groups in total. The lowest BCUT2D eigenvalue weighted by atomic mass is 10.2. The molecule has 2 aromatic heterocycles. The van der Waals surface area contributed by atoms with Gasteiger partial charge in [0.2, 0.25) is 0 Å². The van der Waals surface area contributed by atoms with Crippen LogP contribution in [0.15, 0.2) is 27.9 Å². The summed E-state index contributed by atoms with van der Waals surface area (Å²) in [5.41, 5.74) is 1.53. The molecular formula is C14H16N4O2. The van der Waals surface area contributed by atoms with Crippen LogP contribution in [0.2, 0.25) is 0 Å². The third-order valence-corrected chi connectivity index (χ3v) is 4.07. The van der Waals surface area contributed by atoms with Gasteiger partial charge in [-0.3, -0.25) is 18.6 Å². The van der Waals surface area contributed by atoms with Gasteiger partial charge in [-0.1, -0.05) is 0 Å². The summed E-state index contributed by atoms with van der Waals surface area (Å²) in [4.78, 5) is 24.3. The fourth-order valence-electron chi connectivity index (χ4n) is 2.87. The van der Waals surface area contributed by atoms with Crippen molar-refractivity contribution in [3.8, 4) is 0 Å². The lowest BCUT2D eigenvalue weighted by Gasteiger charge is -2.07. The molecular weight excluding hydrogens is 256 g/mol. The standard InChI is InChI=1S/C14H16N4O2/c19-13-5-7-16(11-3-4-11)14(20)17(13)9-10-8-12-2-1-6-18(12)15-10/h5,7-8,11H,1-4,6,9H2. The molecule has 6 heteroatoms. The Bertz CT molecular complexity index is 758. The van der Waals surface area contributed by atoms with E-state index in [1.165, 1.54) is 16.3 Å². The number of hydrogen-bond donors (Lipinski definition) is 0. The first kappa shape index (κ1) is 11.7. The van der Waals surface area contributed by atoms with E-state index in [0.29, 0.717) is 0 Å². The molecule has 1 saturated carbocycles. The van der Waals surface area contributed by atoms with Gasteiger partial charge in [0.25, 0.3) is 5.56 Å². The molecule has 104 valence electrons. The lowest BCUT2D eigenvalue weighted by molar-refractivity contribution is 0.573. The van der Waals surface area contributed by atoms with Gasteiger partial charge in [0.05, 0.1) is 12.2 Å². The van der Waals surface area contributed by atoms with E-state index in [2.05, 4.69) is 5.10 Å². The second-order valence-electron chi connectivity index (χ2n) is 5.61. The molecule has 0 spiro atoms. The van der Waals surface area contributed by atoms with Crippen molar-refractivity contribution >= 4 is 0 Å². The predicted octanol–water partition coefficient (Wildman–Crippen LogP) is 0.536. The summed E-state index contributed by atoms with van der Waals surface area (Å²) in [6.07, 6.45) is 5.82. The Morgan fingerprint density at radius 2 is 2.15 bits per heavy atom. The smallest absolute Gasteiger partial charge is 0.297 e. The van der Waals surface area contributed by atoms with Crippen molar-refractivity contribution in [1.29, 1.82) is 0 Å². The van der Waals surface area contributed by atoms with Crippen molar-refractivity contribution in [2.24, 2.45) is 0 Å². The molecule has 0 saturated heterocycles. The van der Waals surface area contributed by atoms with Gasteiger partial charge in [-0.05, 0) is 31.7 Å². The molecule has 1 aliphatic heterocycles. The normalized spacial score (nSPS) is 17.4. The summed E-state index contributed by atoms with van der Waals surface area (Å²) < 4.78 is 4.93. The third kappa shape index (κ3) is 1.83. The molecule has 3 heterocycles. The number of hydrogen-bond acceptors (Lipinski definition) is 3. The first-order valence-electron chi connectivity index (χ1n) is 7.10. The Morgan fingerprint density at radius 1 is 1.30 bits per heavy atom. The predicted molar refractivity (Wildman–Crippen MR) is 72.9 cm³/mol. The van der Waals surface area contributed by atoms with Gasteiger partial charge in [0.1, 0.15) is 0 Å². The highest BCUT2D eigenvalue weighted by Crippen LogP contribution is 2.32. The Hall–Kier alpha value is -2.11. The largest absolute Gasteiger partial charge is 0.331 e. The summed E-state index contributed by atoms with van der Waals surface area (Å²) in [5, 5.41) is 4.47. The average Bonchev–Trinajstić information content (AvgIpc) is 3.04. The van der Waals surface area contributed by atoms with E-state index < -0.39 is 0 Å². The SMILES string of the molecule is O=c1ccn(C2CC2)c(=O)n1Cc1cc2n(n1)CCC2. The van der Waals surface area contributed by atoms with E-state index in [-0.39, 0.29) is 23.8 Å². The lowest BCUT2D eigenvalue weighted by Crippen LogP contribution is -2.39. The van der Waals surface area contributed by atoms with E-state index >= 15 is 0 Å². The maximum Gasteiger partial charge on any atom is 0.331 e. The van der Waals surface area contributed by atoms with Gasteiger partial charge >= 0.3 is 5.69 Å². The van der Waals surface area contributed by atoms with Gasteiger partial charge in [-0.25, -0.2) is 4.79 Å². The quantitative estimate of drug-likeness (QED) is 0.819. The van der Waals surface area contributed by atoms with E-state index in [1.54, 1.807) is 10.8 Å². The molecule has 20 heavy (non-hydrogen) atoms. The molecule has 0 unspecified atom stereocenters. The fraction of sp³-hybridized carbons (Fsp3) is 0.500. The minimum atomic E-state index is -0.250. The van der Waals surface area contributed by atoms with Crippen LogP contribution in [0.25, 0.3) is 0 Å². The zero-order valence-electron chi connectivity index (χ0n) is 11.2. The minimum absolute atomic E-state index is 0.215.